The summed E-state index contributed by atoms with van der Waals surface area (Å²) in [5, 5.41) is 11.8. The van der Waals surface area contributed by atoms with Gasteiger partial charge in [-0.05, 0) is 67.9 Å². The zero-order valence-corrected chi connectivity index (χ0v) is 22.7. The molecule has 1 aromatic heterocycles. The lowest BCUT2D eigenvalue weighted by molar-refractivity contribution is -0.132. The van der Waals surface area contributed by atoms with Crippen LogP contribution in [0.4, 0.5) is 5.13 Å². The van der Waals surface area contributed by atoms with Crippen molar-refractivity contribution in [3.8, 4) is 23.0 Å². The average molecular weight is 559 g/mol. The van der Waals surface area contributed by atoms with E-state index in [-0.39, 0.29) is 11.3 Å². The Morgan fingerprint density at radius 2 is 1.65 bits per heavy atom. The number of carbonyl (C=O) groups is 2. The van der Waals surface area contributed by atoms with Gasteiger partial charge in [0.1, 0.15) is 30.5 Å². The predicted molar refractivity (Wildman–Crippen MR) is 151 cm³/mol. The van der Waals surface area contributed by atoms with E-state index in [1.165, 1.54) is 16.2 Å². The van der Waals surface area contributed by atoms with Crippen LogP contribution in [0, 0.1) is 0 Å². The number of anilines is 1. The van der Waals surface area contributed by atoms with Crippen LogP contribution in [0.15, 0.2) is 66.2 Å². The van der Waals surface area contributed by atoms with Gasteiger partial charge in [-0.2, -0.15) is 0 Å². The van der Waals surface area contributed by atoms with Gasteiger partial charge in [0.25, 0.3) is 5.78 Å². The Kier molecular flexibility index (Phi) is 6.77. The van der Waals surface area contributed by atoms with Gasteiger partial charge in [-0.3, -0.25) is 14.5 Å². The number of rotatable bonds is 7. The summed E-state index contributed by atoms with van der Waals surface area (Å²) < 4.78 is 23.3. The predicted octanol–water partition coefficient (Wildman–Crippen LogP) is 5.49. The van der Waals surface area contributed by atoms with E-state index in [4.69, 9.17) is 18.9 Å². The molecule has 0 radical (unpaired) electrons. The summed E-state index contributed by atoms with van der Waals surface area (Å²) in [6.45, 7) is 5.60. The molecule has 2 aliphatic heterocycles. The molecule has 6 rings (SSSR count). The van der Waals surface area contributed by atoms with E-state index in [0.29, 0.717) is 71.2 Å². The number of ketones is 1. The van der Waals surface area contributed by atoms with Crippen LogP contribution in [-0.4, -0.2) is 48.2 Å². The maximum atomic E-state index is 13.6. The molecule has 0 unspecified atom stereocenters. The lowest BCUT2D eigenvalue weighted by atomic mass is 9.95. The molecule has 9 nitrogen and oxygen atoms in total. The van der Waals surface area contributed by atoms with Crippen LogP contribution < -0.4 is 23.8 Å². The van der Waals surface area contributed by atoms with Gasteiger partial charge in [0.2, 0.25) is 0 Å². The standard InChI is InChI=1S/C30H26N2O7S/c1-3-36-19-8-5-17(6-9-19)26-25(27(33)18-7-12-22-23(15-18)39-14-13-38-22)28(34)29(35)32(26)30-31-21-11-10-20(37-4-2)16-24(21)40-30/h5-12,15-16,26,33H,3-4,13-14H2,1-2H3/t26-/m0/s1. The summed E-state index contributed by atoms with van der Waals surface area (Å²) in [6.07, 6.45) is 0. The molecule has 2 aliphatic rings. The van der Waals surface area contributed by atoms with E-state index < -0.39 is 17.7 Å². The van der Waals surface area contributed by atoms with Crippen molar-refractivity contribution in [2.45, 2.75) is 19.9 Å². The Morgan fingerprint density at radius 1 is 0.950 bits per heavy atom. The number of hydrogen-bond acceptors (Lipinski definition) is 9. The van der Waals surface area contributed by atoms with E-state index in [1.54, 1.807) is 42.5 Å². The number of hydrogen-bond donors (Lipinski definition) is 1. The van der Waals surface area contributed by atoms with Crippen LogP contribution in [0.25, 0.3) is 16.0 Å². The first-order chi connectivity index (χ1) is 19.5. The minimum Gasteiger partial charge on any atom is -0.507 e. The van der Waals surface area contributed by atoms with Gasteiger partial charge < -0.3 is 24.1 Å². The third-order valence-corrected chi connectivity index (χ3v) is 7.65. The van der Waals surface area contributed by atoms with Crippen molar-refractivity contribution in [3.63, 3.8) is 0 Å². The third kappa shape index (κ3) is 4.50. The molecule has 40 heavy (non-hydrogen) atoms. The van der Waals surface area contributed by atoms with Gasteiger partial charge in [0.15, 0.2) is 16.6 Å². The highest BCUT2D eigenvalue weighted by Gasteiger charge is 2.48. The van der Waals surface area contributed by atoms with E-state index in [9.17, 15) is 14.7 Å². The molecule has 0 spiro atoms. The SMILES string of the molecule is CCOc1ccc([C@H]2C(=C(O)c3ccc4c(c3)OCCO4)C(=O)C(=O)N2c2nc3ccc(OCC)cc3s2)cc1. The molecule has 3 aromatic carbocycles. The second-order valence-corrected chi connectivity index (χ2v) is 10.1. The molecule has 0 bridgehead atoms. The van der Waals surface area contributed by atoms with Gasteiger partial charge >= 0.3 is 5.91 Å². The Hall–Kier alpha value is -4.57. The lowest BCUT2D eigenvalue weighted by Gasteiger charge is -2.23. The quantitative estimate of drug-likeness (QED) is 0.180. The maximum absolute atomic E-state index is 13.6. The van der Waals surface area contributed by atoms with Crippen LogP contribution in [0.3, 0.4) is 0 Å². The minimum absolute atomic E-state index is 0.0416. The summed E-state index contributed by atoms with van der Waals surface area (Å²) >= 11 is 1.27. The van der Waals surface area contributed by atoms with Crippen LogP contribution >= 0.6 is 11.3 Å². The highest BCUT2D eigenvalue weighted by Crippen LogP contribution is 2.45. The molecule has 204 valence electrons. The summed E-state index contributed by atoms with van der Waals surface area (Å²) in [6, 6.07) is 16.6. The number of fused-ring (bicyclic) bond motifs is 2. The van der Waals surface area contributed by atoms with Gasteiger partial charge in [0.05, 0.1) is 35.0 Å². The number of ether oxygens (including phenoxy) is 4. The smallest absolute Gasteiger partial charge is 0.301 e. The molecular formula is C30H26N2O7S. The summed E-state index contributed by atoms with van der Waals surface area (Å²) in [5.41, 5.74) is 1.59. The van der Waals surface area contributed by atoms with Crippen molar-refractivity contribution >= 4 is 44.1 Å². The van der Waals surface area contributed by atoms with Crippen LogP contribution in [0.1, 0.15) is 31.0 Å². The first-order valence-electron chi connectivity index (χ1n) is 13.0. The zero-order chi connectivity index (χ0) is 27.8. The van der Waals surface area contributed by atoms with Crippen molar-refractivity contribution in [1.29, 1.82) is 0 Å². The molecule has 1 N–H and O–H groups in total. The van der Waals surface area contributed by atoms with Crippen molar-refractivity contribution in [1.82, 2.24) is 4.98 Å². The van der Waals surface area contributed by atoms with Crippen LogP contribution in [0.5, 0.6) is 23.0 Å². The van der Waals surface area contributed by atoms with Gasteiger partial charge in [-0.25, -0.2) is 4.98 Å². The molecule has 4 aromatic rings. The summed E-state index contributed by atoms with van der Waals surface area (Å²) in [4.78, 5) is 33.2. The number of Topliss-reactive ketones (excluding diaryl/α,β-unsaturated/α-hetero) is 1. The van der Waals surface area contributed by atoms with E-state index >= 15 is 0 Å². The van der Waals surface area contributed by atoms with Crippen molar-refractivity contribution < 1.29 is 33.6 Å². The summed E-state index contributed by atoms with van der Waals surface area (Å²) in [5.74, 6) is 0.456. The molecule has 0 aliphatic carbocycles. The highest BCUT2D eigenvalue weighted by atomic mass is 32.1. The van der Waals surface area contributed by atoms with Gasteiger partial charge in [0, 0.05) is 5.56 Å². The van der Waals surface area contributed by atoms with Crippen molar-refractivity contribution in [2.75, 3.05) is 31.3 Å². The molecule has 1 atom stereocenters. The number of aliphatic hydroxyl groups excluding tert-OH is 1. The number of amides is 1. The number of carbonyl (C=O) groups excluding carboxylic acids is 2. The molecule has 3 heterocycles. The summed E-state index contributed by atoms with van der Waals surface area (Å²) in [7, 11) is 0. The first kappa shape index (κ1) is 25.7. The number of nitrogens with zero attached hydrogens (tertiary/aromatic N) is 2. The second-order valence-electron chi connectivity index (χ2n) is 9.09. The van der Waals surface area contributed by atoms with Crippen molar-refractivity contribution in [3.05, 3.63) is 77.4 Å². The van der Waals surface area contributed by atoms with Crippen LogP contribution in [0.2, 0.25) is 0 Å². The van der Waals surface area contributed by atoms with E-state index in [2.05, 4.69) is 4.98 Å². The fourth-order valence-corrected chi connectivity index (χ4v) is 5.88. The molecule has 0 saturated carbocycles. The van der Waals surface area contributed by atoms with Crippen molar-refractivity contribution in [2.24, 2.45) is 0 Å². The van der Waals surface area contributed by atoms with E-state index in [1.807, 2.05) is 32.0 Å². The highest BCUT2D eigenvalue weighted by molar-refractivity contribution is 7.22. The number of benzene rings is 3. The van der Waals surface area contributed by atoms with Gasteiger partial charge in [-0.15, -0.1) is 0 Å². The fourth-order valence-electron chi connectivity index (χ4n) is 4.86. The third-order valence-electron chi connectivity index (χ3n) is 6.63. The number of thiazole rings is 1. The van der Waals surface area contributed by atoms with Crippen LogP contribution in [-0.2, 0) is 9.59 Å². The Bertz CT molecular complexity index is 1640. The maximum Gasteiger partial charge on any atom is 0.301 e. The largest absolute Gasteiger partial charge is 0.507 e. The van der Waals surface area contributed by atoms with E-state index in [0.717, 1.165) is 4.70 Å². The fraction of sp³-hybridized carbons (Fsp3) is 0.233. The minimum atomic E-state index is -0.921. The molecule has 1 fully saturated rings. The lowest BCUT2D eigenvalue weighted by Crippen LogP contribution is -2.29. The molecular weight excluding hydrogens is 532 g/mol. The molecule has 1 amide bonds. The monoisotopic (exact) mass is 558 g/mol. The second kappa shape index (κ2) is 10.5. The Balaban J connectivity index is 1.49. The normalized spacial score (nSPS) is 17.9. The topological polar surface area (TPSA) is 107 Å². The average Bonchev–Trinajstić information content (AvgIpc) is 3.50. The zero-order valence-electron chi connectivity index (χ0n) is 21.9. The Morgan fingerprint density at radius 3 is 2.40 bits per heavy atom. The number of aliphatic hydroxyl groups is 1. The molecule has 10 heteroatoms. The Labute approximate surface area is 234 Å². The number of aromatic nitrogens is 1. The molecule has 1 saturated heterocycles. The first-order valence-corrected chi connectivity index (χ1v) is 13.8. The van der Waals surface area contributed by atoms with Gasteiger partial charge in [-0.1, -0.05) is 23.5 Å².